The number of thiocarbonyl (C=S) groups is 1. The van der Waals surface area contributed by atoms with Crippen molar-refractivity contribution in [3.8, 4) is 0 Å². The molecule has 3 nitrogen and oxygen atoms in total. The minimum Gasteiger partial charge on any atom is -0.360 e. The van der Waals surface area contributed by atoms with Gasteiger partial charge in [0, 0.05) is 13.1 Å². The zero-order chi connectivity index (χ0) is 13.1. The first-order chi connectivity index (χ1) is 8.56. The van der Waals surface area contributed by atoms with Crippen molar-refractivity contribution in [1.29, 1.82) is 0 Å². The molecule has 0 unspecified atom stereocenters. The van der Waals surface area contributed by atoms with E-state index < -0.39 is 0 Å². The summed E-state index contributed by atoms with van der Waals surface area (Å²) in [6.45, 7) is 4.91. The van der Waals surface area contributed by atoms with Gasteiger partial charge in [0.1, 0.15) is 5.01 Å². The fourth-order valence-corrected chi connectivity index (χ4v) is 2.94. The summed E-state index contributed by atoms with van der Waals surface area (Å²) in [5, 5.41) is 5.09. The molecule has 0 spiro atoms. The Morgan fingerprint density at radius 1 is 1.44 bits per heavy atom. The van der Waals surface area contributed by atoms with E-state index in [1.165, 1.54) is 4.70 Å². The van der Waals surface area contributed by atoms with E-state index >= 15 is 0 Å². The van der Waals surface area contributed by atoms with Gasteiger partial charge >= 0.3 is 0 Å². The SMILES string of the molecule is CC(C)NC(=S)N(C)Cc1nc2ccccc2s1. The lowest BCUT2D eigenvalue weighted by Gasteiger charge is -2.21. The second-order valence-electron chi connectivity index (χ2n) is 4.54. The molecule has 0 aliphatic heterocycles. The summed E-state index contributed by atoms with van der Waals surface area (Å²) in [4.78, 5) is 6.62. The summed E-state index contributed by atoms with van der Waals surface area (Å²) in [5.41, 5.74) is 1.06. The lowest BCUT2D eigenvalue weighted by atomic mass is 10.3. The molecule has 96 valence electrons. The van der Waals surface area contributed by atoms with Gasteiger partial charge in [-0.1, -0.05) is 12.1 Å². The van der Waals surface area contributed by atoms with Gasteiger partial charge in [-0.05, 0) is 38.2 Å². The Morgan fingerprint density at radius 3 is 2.83 bits per heavy atom. The Hall–Kier alpha value is -1.20. The number of rotatable bonds is 3. The number of nitrogens with zero attached hydrogens (tertiary/aromatic N) is 2. The molecule has 1 N–H and O–H groups in total. The van der Waals surface area contributed by atoms with Crippen LogP contribution in [0.15, 0.2) is 24.3 Å². The van der Waals surface area contributed by atoms with Crippen molar-refractivity contribution in [3.05, 3.63) is 29.3 Å². The molecule has 0 saturated heterocycles. The number of para-hydroxylation sites is 1. The molecule has 1 heterocycles. The lowest BCUT2D eigenvalue weighted by Crippen LogP contribution is -2.40. The third kappa shape index (κ3) is 3.17. The number of benzene rings is 1. The van der Waals surface area contributed by atoms with Crippen molar-refractivity contribution in [2.75, 3.05) is 7.05 Å². The molecule has 0 aliphatic rings. The van der Waals surface area contributed by atoms with Crippen LogP contribution in [0.1, 0.15) is 18.9 Å². The second kappa shape index (κ2) is 5.63. The molecular weight excluding hydrogens is 262 g/mol. The summed E-state index contributed by atoms with van der Waals surface area (Å²) in [6, 6.07) is 8.55. The maximum atomic E-state index is 5.32. The van der Waals surface area contributed by atoms with Crippen LogP contribution < -0.4 is 5.32 Å². The Morgan fingerprint density at radius 2 is 2.17 bits per heavy atom. The monoisotopic (exact) mass is 279 g/mol. The van der Waals surface area contributed by atoms with E-state index in [1.54, 1.807) is 11.3 Å². The average Bonchev–Trinajstić information content (AvgIpc) is 2.69. The van der Waals surface area contributed by atoms with E-state index in [2.05, 4.69) is 30.2 Å². The summed E-state index contributed by atoms with van der Waals surface area (Å²) < 4.78 is 1.23. The van der Waals surface area contributed by atoms with Gasteiger partial charge in [-0.25, -0.2) is 4.98 Å². The zero-order valence-corrected chi connectivity index (χ0v) is 12.4. The van der Waals surface area contributed by atoms with E-state index in [4.69, 9.17) is 12.2 Å². The second-order valence-corrected chi connectivity index (χ2v) is 6.04. The van der Waals surface area contributed by atoms with Gasteiger partial charge in [-0.2, -0.15) is 0 Å². The number of hydrogen-bond acceptors (Lipinski definition) is 3. The third-order valence-electron chi connectivity index (χ3n) is 2.47. The molecule has 0 amide bonds. The number of hydrogen-bond donors (Lipinski definition) is 1. The summed E-state index contributed by atoms with van der Waals surface area (Å²) in [6.07, 6.45) is 0. The fraction of sp³-hybridized carbons (Fsp3) is 0.385. The summed E-state index contributed by atoms with van der Waals surface area (Å²) >= 11 is 7.05. The molecule has 2 rings (SSSR count). The smallest absolute Gasteiger partial charge is 0.169 e. The Labute approximate surface area is 117 Å². The Balaban J connectivity index is 2.06. The van der Waals surface area contributed by atoms with E-state index in [9.17, 15) is 0 Å². The van der Waals surface area contributed by atoms with Crippen molar-refractivity contribution < 1.29 is 0 Å². The van der Waals surface area contributed by atoms with Crippen molar-refractivity contribution >= 4 is 38.9 Å². The first-order valence-electron chi connectivity index (χ1n) is 5.92. The normalized spacial score (nSPS) is 10.9. The van der Waals surface area contributed by atoms with Crippen LogP contribution in [0.5, 0.6) is 0 Å². The van der Waals surface area contributed by atoms with Gasteiger partial charge in [0.15, 0.2) is 5.11 Å². The Kier molecular flexibility index (Phi) is 4.14. The van der Waals surface area contributed by atoms with Gasteiger partial charge in [0.2, 0.25) is 0 Å². The highest BCUT2D eigenvalue weighted by atomic mass is 32.1. The van der Waals surface area contributed by atoms with Crippen LogP contribution in [-0.2, 0) is 6.54 Å². The lowest BCUT2D eigenvalue weighted by molar-refractivity contribution is 0.480. The molecule has 0 saturated carbocycles. The topological polar surface area (TPSA) is 28.2 Å². The molecule has 0 atom stereocenters. The van der Waals surface area contributed by atoms with E-state index in [0.29, 0.717) is 6.04 Å². The van der Waals surface area contributed by atoms with Gasteiger partial charge in [0.05, 0.1) is 16.8 Å². The molecular formula is C13H17N3S2. The largest absolute Gasteiger partial charge is 0.360 e. The van der Waals surface area contributed by atoms with Crippen LogP contribution in [0.25, 0.3) is 10.2 Å². The number of nitrogens with one attached hydrogen (secondary N) is 1. The van der Waals surface area contributed by atoms with Crippen molar-refractivity contribution in [1.82, 2.24) is 15.2 Å². The average molecular weight is 279 g/mol. The molecule has 18 heavy (non-hydrogen) atoms. The van der Waals surface area contributed by atoms with E-state index in [-0.39, 0.29) is 0 Å². The molecule has 5 heteroatoms. The molecule has 1 aromatic carbocycles. The van der Waals surface area contributed by atoms with Gasteiger partial charge in [-0.15, -0.1) is 11.3 Å². The first-order valence-corrected chi connectivity index (χ1v) is 7.15. The van der Waals surface area contributed by atoms with Crippen LogP contribution in [0.4, 0.5) is 0 Å². The van der Waals surface area contributed by atoms with Crippen LogP contribution in [0.3, 0.4) is 0 Å². The quantitative estimate of drug-likeness (QED) is 0.874. The maximum Gasteiger partial charge on any atom is 0.169 e. The van der Waals surface area contributed by atoms with Crippen molar-refractivity contribution in [3.63, 3.8) is 0 Å². The maximum absolute atomic E-state index is 5.32. The molecule has 1 aromatic heterocycles. The van der Waals surface area contributed by atoms with E-state index in [0.717, 1.165) is 22.2 Å². The van der Waals surface area contributed by atoms with Crippen molar-refractivity contribution in [2.45, 2.75) is 26.4 Å². The predicted octanol–water partition coefficient (Wildman–Crippen LogP) is 3.01. The number of aromatic nitrogens is 1. The predicted molar refractivity (Wildman–Crippen MR) is 82.0 cm³/mol. The minimum atomic E-state index is 0.357. The van der Waals surface area contributed by atoms with Gasteiger partial charge in [0.25, 0.3) is 0 Å². The summed E-state index contributed by atoms with van der Waals surface area (Å²) in [5.74, 6) is 0. The number of thiazole rings is 1. The fourth-order valence-electron chi connectivity index (χ4n) is 1.62. The van der Waals surface area contributed by atoms with Gasteiger partial charge in [-0.3, -0.25) is 0 Å². The van der Waals surface area contributed by atoms with Crippen LogP contribution in [-0.4, -0.2) is 28.1 Å². The molecule has 0 fully saturated rings. The van der Waals surface area contributed by atoms with E-state index in [1.807, 2.05) is 30.1 Å². The molecule has 0 aliphatic carbocycles. The highest BCUT2D eigenvalue weighted by Crippen LogP contribution is 2.22. The standard InChI is InChI=1S/C13H17N3S2/c1-9(2)14-13(17)16(3)8-12-15-10-6-4-5-7-11(10)18-12/h4-7,9H,8H2,1-3H3,(H,14,17). The Bertz CT molecular complexity index is 515. The first kappa shape index (κ1) is 13.2. The minimum absolute atomic E-state index is 0.357. The van der Waals surface area contributed by atoms with Crippen LogP contribution in [0.2, 0.25) is 0 Å². The van der Waals surface area contributed by atoms with Crippen molar-refractivity contribution in [2.24, 2.45) is 0 Å². The highest BCUT2D eigenvalue weighted by Gasteiger charge is 2.09. The van der Waals surface area contributed by atoms with Crippen LogP contribution in [0, 0.1) is 0 Å². The third-order valence-corrected chi connectivity index (χ3v) is 3.92. The van der Waals surface area contributed by atoms with Crippen LogP contribution >= 0.6 is 23.6 Å². The number of fused-ring (bicyclic) bond motifs is 1. The highest BCUT2D eigenvalue weighted by molar-refractivity contribution is 7.80. The van der Waals surface area contributed by atoms with Gasteiger partial charge < -0.3 is 10.2 Å². The molecule has 2 aromatic rings. The summed E-state index contributed by atoms with van der Waals surface area (Å²) in [7, 11) is 1.99. The zero-order valence-electron chi connectivity index (χ0n) is 10.8. The molecule has 0 bridgehead atoms. The molecule has 0 radical (unpaired) electrons.